The summed E-state index contributed by atoms with van der Waals surface area (Å²) in [5, 5.41) is 7.33. The van der Waals surface area contributed by atoms with E-state index >= 15 is 0 Å². The van der Waals surface area contributed by atoms with Gasteiger partial charge in [-0.2, -0.15) is 5.10 Å². The Morgan fingerprint density at radius 2 is 1.54 bits per heavy atom. The highest BCUT2D eigenvalue weighted by atomic mass is 16.5. The molecule has 0 spiro atoms. The van der Waals surface area contributed by atoms with Crippen molar-refractivity contribution < 1.29 is 4.74 Å². The summed E-state index contributed by atoms with van der Waals surface area (Å²) in [5.74, 6) is 2.44. The van der Waals surface area contributed by atoms with Gasteiger partial charge in [-0.25, -0.2) is 9.67 Å². The molecule has 0 aliphatic carbocycles. The number of hydrogen-bond acceptors (Lipinski definition) is 3. The maximum absolute atomic E-state index is 6.56. The van der Waals surface area contributed by atoms with Crippen LogP contribution < -0.4 is 4.74 Å². The minimum absolute atomic E-state index is 0.0113. The normalized spacial score (nSPS) is 11.9. The van der Waals surface area contributed by atoms with Crippen molar-refractivity contribution in [3.05, 3.63) is 132 Å². The maximum Gasteiger partial charge on any atom is 0.137 e. The molecule has 0 saturated heterocycles. The summed E-state index contributed by atoms with van der Waals surface area (Å²) in [4.78, 5) is 4.86. The van der Waals surface area contributed by atoms with Crippen molar-refractivity contribution in [2.75, 3.05) is 0 Å². The van der Waals surface area contributed by atoms with E-state index in [0.717, 1.165) is 63.8 Å². The molecule has 0 unspecified atom stereocenters. The molecule has 0 atom stereocenters. The van der Waals surface area contributed by atoms with Gasteiger partial charge in [0.05, 0.1) is 22.4 Å². The van der Waals surface area contributed by atoms with Gasteiger partial charge in [0.15, 0.2) is 0 Å². The summed E-state index contributed by atoms with van der Waals surface area (Å²) in [6.45, 7) is 13.1. The first-order chi connectivity index (χ1) is 22.2. The third-order valence-corrected chi connectivity index (χ3v) is 8.83. The van der Waals surface area contributed by atoms with Crippen LogP contribution in [0.4, 0.5) is 0 Å². The van der Waals surface area contributed by atoms with Gasteiger partial charge >= 0.3 is 0 Å². The quantitative estimate of drug-likeness (QED) is 0.182. The molecule has 0 aliphatic heterocycles. The lowest BCUT2D eigenvalue weighted by Gasteiger charge is -2.20. The Balaban J connectivity index is 1.31. The first-order valence-corrected chi connectivity index (χ1v) is 16.1. The van der Waals surface area contributed by atoms with Crippen LogP contribution in [0.25, 0.3) is 44.4 Å². The van der Waals surface area contributed by atoms with Gasteiger partial charge in [-0.05, 0) is 90.9 Å². The highest BCUT2D eigenvalue weighted by Gasteiger charge is 2.19. The molecule has 0 radical (unpaired) electrons. The fourth-order valence-electron chi connectivity index (χ4n) is 6.54. The van der Waals surface area contributed by atoms with Crippen LogP contribution in [0.2, 0.25) is 0 Å². The summed E-state index contributed by atoms with van der Waals surface area (Å²) in [5.41, 5.74) is 10.2. The fraction of sp³-hybridized carbons (Fsp3) is 0.220. The van der Waals surface area contributed by atoms with E-state index in [9.17, 15) is 0 Å². The van der Waals surface area contributed by atoms with E-state index in [2.05, 4.69) is 131 Å². The third-order valence-electron chi connectivity index (χ3n) is 8.83. The Bertz CT molecular complexity index is 2200. The monoisotopic (exact) mass is 604 g/mol. The number of fused-ring (bicyclic) bond motifs is 3. The minimum atomic E-state index is 0.0113. The number of hydrogen-bond donors (Lipinski definition) is 0. The summed E-state index contributed by atoms with van der Waals surface area (Å²) >= 11 is 0. The van der Waals surface area contributed by atoms with Crippen molar-refractivity contribution in [3.63, 3.8) is 0 Å². The van der Waals surface area contributed by atoms with Crippen LogP contribution in [0, 0.1) is 13.8 Å². The van der Waals surface area contributed by atoms with Crippen LogP contribution >= 0.6 is 0 Å². The Morgan fingerprint density at radius 3 is 2.33 bits per heavy atom. The van der Waals surface area contributed by atoms with Crippen molar-refractivity contribution in [2.24, 2.45) is 0 Å². The molecular weight excluding hydrogens is 564 g/mol. The van der Waals surface area contributed by atoms with Crippen molar-refractivity contribution >= 4 is 21.8 Å². The molecule has 0 saturated carbocycles. The van der Waals surface area contributed by atoms with Gasteiger partial charge in [0, 0.05) is 40.4 Å². The first kappa shape index (κ1) is 29.5. The molecule has 0 fully saturated rings. The van der Waals surface area contributed by atoms with Crippen LogP contribution in [-0.2, 0) is 11.8 Å². The van der Waals surface area contributed by atoms with Crippen LogP contribution in [0.15, 0.2) is 109 Å². The highest BCUT2D eigenvalue weighted by molar-refractivity contribution is 6.09. The van der Waals surface area contributed by atoms with E-state index in [1.165, 1.54) is 27.5 Å². The third kappa shape index (κ3) is 5.36. The number of benzene rings is 4. The molecule has 3 aromatic heterocycles. The Morgan fingerprint density at radius 1 is 0.739 bits per heavy atom. The average molecular weight is 605 g/mol. The largest absolute Gasteiger partial charge is 0.457 e. The van der Waals surface area contributed by atoms with Gasteiger partial charge in [-0.1, -0.05) is 76.6 Å². The van der Waals surface area contributed by atoms with E-state index in [0.29, 0.717) is 0 Å². The number of aromatic nitrogens is 4. The highest BCUT2D eigenvalue weighted by Crippen LogP contribution is 2.37. The standard InChI is InChI=1S/C41H40N4O/c1-7-12-29-17-20-37-36(23-29)35-19-18-34(26-38(35)44(37)39-24-31(21-22-42-39)41(4,5)6)46-33-16-11-15-32(25-33)45-28(3)40(27(2)43-45)30-13-9-8-10-14-30/h8-11,13-26H,7,12H2,1-6H3. The number of nitrogens with zero attached hydrogens (tertiary/aromatic N) is 4. The maximum atomic E-state index is 6.56. The van der Waals surface area contributed by atoms with E-state index in [-0.39, 0.29) is 5.41 Å². The van der Waals surface area contributed by atoms with E-state index in [4.69, 9.17) is 14.8 Å². The van der Waals surface area contributed by atoms with Crippen molar-refractivity contribution in [2.45, 2.75) is 59.8 Å². The smallest absolute Gasteiger partial charge is 0.137 e. The minimum Gasteiger partial charge on any atom is -0.457 e. The SMILES string of the molecule is CCCc1ccc2c(c1)c1ccc(Oc3cccc(-n4nc(C)c(-c5ccccc5)c4C)c3)cc1n2-c1cc(C(C)(C)C)ccn1. The fourth-order valence-corrected chi connectivity index (χ4v) is 6.54. The molecular formula is C41H40N4O. The topological polar surface area (TPSA) is 44.9 Å². The molecule has 230 valence electrons. The van der Waals surface area contributed by atoms with Crippen LogP contribution in [0.3, 0.4) is 0 Å². The summed E-state index contributed by atoms with van der Waals surface area (Å²) in [7, 11) is 0. The van der Waals surface area contributed by atoms with Gasteiger partial charge < -0.3 is 4.74 Å². The van der Waals surface area contributed by atoms with E-state index < -0.39 is 0 Å². The number of aryl methyl sites for hydroxylation is 2. The van der Waals surface area contributed by atoms with Gasteiger partial charge in [0.2, 0.25) is 0 Å². The molecule has 46 heavy (non-hydrogen) atoms. The Labute approximate surface area is 271 Å². The zero-order valence-corrected chi connectivity index (χ0v) is 27.5. The van der Waals surface area contributed by atoms with Crippen LogP contribution in [0.5, 0.6) is 11.5 Å². The Kier molecular flexibility index (Phi) is 7.48. The molecule has 0 bridgehead atoms. The van der Waals surface area contributed by atoms with Crippen LogP contribution in [0.1, 0.15) is 56.6 Å². The van der Waals surface area contributed by atoms with Gasteiger partial charge in [-0.3, -0.25) is 4.57 Å². The molecule has 0 aliphatic rings. The predicted molar refractivity (Wildman–Crippen MR) is 190 cm³/mol. The second-order valence-electron chi connectivity index (χ2n) is 13.2. The number of rotatable bonds is 7. The second kappa shape index (κ2) is 11.6. The average Bonchev–Trinajstić information content (AvgIpc) is 3.53. The lowest BCUT2D eigenvalue weighted by atomic mass is 9.88. The molecule has 3 heterocycles. The van der Waals surface area contributed by atoms with E-state index in [1.807, 2.05) is 29.1 Å². The number of pyridine rings is 1. The molecule has 0 N–H and O–H groups in total. The molecule has 0 amide bonds. The molecule has 5 nitrogen and oxygen atoms in total. The molecule has 7 aromatic rings. The molecule has 5 heteroatoms. The molecule has 7 rings (SSSR count). The van der Waals surface area contributed by atoms with Gasteiger partial charge in [0.25, 0.3) is 0 Å². The predicted octanol–water partition coefficient (Wildman–Crippen LogP) is 10.7. The van der Waals surface area contributed by atoms with Crippen molar-refractivity contribution in [1.29, 1.82) is 0 Å². The van der Waals surface area contributed by atoms with Gasteiger partial charge in [0.1, 0.15) is 17.3 Å². The first-order valence-electron chi connectivity index (χ1n) is 16.1. The zero-order valence-electron chi connectivity index (χ0n) is 27.5. The lowest BCUT2D eigenvalue weighted by Crippen LogP contribution is -2.12. The second-order valence-corrected chi connectivity index (χ2v) is 13.2. The zero-order chi connectivity index (χ0) is 32.0. The number of ether oxygens (including phenoxy) is 1. The van der Waals surface area contributed by atoms with Crippen LogP contribution in [-0.4, -0.2) is 19.3 Å². The lowest BCUT2D eigenvalue weighted by molar-refractivity contribution is 0.482. The summed E-state index contributed by atoms with van der Waals surface area (Å²) in [6.07, 6.45) is 4.09. The molecule has 4 aromatic carbocycles. The van der Waals surface area contributed by atoms with Crippen molar-refractivity contribution in [3.8, 4) is 34.1 Å². The van der Waals surface area contributed by atoms with Crippen molar-refractivity contribution in [1.82, 2.24) is 19.3 Å². The Hall–Kier alpha value is -5.16. The summed E-state index contributed by atoms with van der Waals surface area (Å²) in [6, 6.07) is 36.2. The van der Waals surface area contributed by atoms with Gasteiger partial charge in [-0.15, -0.1) is 0 Å². The summed E-state index contributed by atoms with van der Waals surface area (Å²) < 4.78 is 10.8. The van der Waals surface area contributed by atoms with E-state index in [1.54, 1.807) is 0 Å².